The maximum atomic E-state index is 13.4. The molecule has 0 radical (unpaired) electrons. The van der Waals surface area contributed by atoms with E-state index in [1.807, 2.05) is 39.8 Å². The largest absolute Gasteiger partial charge is 0.459 e. The van der Waals surface area contributed by atoms with Crippen molar-refractivity contribution in [2.75, 3.05) is 6.61 Å². The van der Waals surface area contributed by atoms with Crippen LogP contribution in [0.2, 0.25) is 0 Å². The highest BCUT2D eigenvalue weighted by atomic mass is 16.6. The predicted molar refractivity (Wildman–Crippen MR) is 147 cm³/mol. The lowest BCUT2D eigenvalue weighted by atomic mass is 9.46. The topological polar surface area (TPSA) is 104 Å². The number of ether oxygens (including phenoxy) is 1. The molecule has 0 bridgehead atoms. The van der Waals surface area contributed by atoms with Crippen LogP contribution < -0.4 is 0 Å². The summed E-state index contributed by atoms with van der Waals surface area (Å²) in [6, 6.07) is 0. The molecule has 4 aliphatic rings. The molecule has 0 aromatic heterocycles. The second-order valence-electron chi connectivity index (χ2n) is 13.8. The van der Waals surface area contributed by atoms with Crippen LogP contribution in [0, 0.1) is 34.0 Å². The molecule has 3 N–H and O–H groups in total. The smallest absolute Gasteiger partial charge is 0.306 e. The number of unbranched alkanes of at least 4 members (excludes halogenated alkanes) is 6. The summed E-state index contributed by atoms with van der Waals surface area (Å²) in [5.74, 6) is -1.40. The van der Waals surface area contributed by atoms with E-state index in [-0.39, 0.29) is 42.5 Å². The molecule has 0 aliphatic heterocycles. The fourth-order valence-corrected chi connectivity index (χ4v) is 8.93. The summed E-state index contributed by atoms with van der Waals surface area (Å²) in [7, 11) is 0. The third-order valence-corrected chi connectivity index (χ3v) is 11.6. The lowest BCUT2D eigenvalue weighted by Crippen LogP contribution is -2.65. The highest BCUT2D eigenvalue weighted by Gasteiger charge is 2.85. The molecule has 8 atom stereocenters. The van der Waals surface area contributed by atoms with Crippen LogP contribution in [0.25, 0.3) is 0 Å². The average molecular weight is 531 g/mol. The Morgan fingerprint density at radius 1 is 1.05 bits per heavy atom. The first-order valence-corrected chi connectivity index (χ1v) is 14.9. The molecule has 0 aromatic carbocycles. The minimum absolute atomic E-state index is 0.0553. The Morgan fingerprint density at radius 3 is 2.26 bits per heavy atom. The summed E-state index contributed by atoms with van der Waals surface area (Å²) >= 11 is 0. The molecule has 0 saturated heterocycles. The first-order valence-electron chi connectivity index (χ1n) is 14.9. The molecule has 2 fully saturated rings. The Morgan fingerprint density at radius 2 is 1.66 bits per heavy atom. The van der Waals surface area contributed by atoms with E-state index in [9.17, 15) is 24.9 Å². The molecule has 0 heterocycles. The summed E-state index contributed by atoms with van der Waals surface area (Å²) in [6.45, 7) is 13.7. The van der Waals surface area contributed by atoms with Gasteiger partial charge in [-0.3, -0.25) is 9.59 Å². The molecule has 0 aromatic rings. The monoisotopic (exact) mass is 530 g/mol. The van der Waals surface area contributed by atoms with Gasteiger partial charge in [0.25, 0.3) is 0 Å². The van der Waals surface area contributed by atoms with Crippen LogP contribution in [0.5, 0.6) is 0 Å². The normalized spacial score (nSPS) is 42.8. The number of hydrogen-bond acceptors (Lipinski definition) is 6. The van der Waals surface area contributed by atoms with Crippen LogP contribution in [0.3, 0.4) is 0 Å². The van der Waals surface area contributed by atoms with Crippen LogP contribution in [0.15, 0.2) is 23.3 Å². The molecule has 38 heavy (non-hydrogen) atoms. The Balaban J connectivity index is 1.65. The molecule has 4 rings (SSSR count). The zero-order valence-electron chi connectivity index (χ0n) is 24.6. The van der Waals surface area contributed by atoms with E-state index in [1.54, 1.807) is 6.92 Å². The van der Waals surface area contributed by atoms with E-state index >= 15 is 0 Å². The van der Waals surface area contributed by atoms with Crippen molar-refractivity contribution in [1.29, 1.82) is 0 Å². The summed E-state index contributed by atoms with van der Waals surface area (Å²) in [6.07, 6.45) is 11.3. The average Bonchev–Trinajstić information content (AvgIpc) is 3.28. The summed E-state index contributed by atoms with van der Waals surface area (Å²) in [5, 5.41) is 34.4. The molecule has 0 spiro atoms. The van der Waals surface area contributed by atoms with E-state index in [0.717, 1.165) is 19.3 Å². The lowest BCUT2D eigenvalue weighted by Gasteiger charge is -2.59. The van der Waals surface area contributed by atoms with Gasteiger partial charge in [0, 0.05) is 35.5 Å². The molecular formula is C32H50O6. The van der Waals surface area contributed by atoms with Crippen molar-refractivity contribution in [1.82, 2.24) is 0 Å². The van der Waals surface area contributed by atoms with Gasteiger partial charge in [-0.15, -0.1) is 0 Å². The number of allylic oxidation sites excluding steroid dienone is 1. The number of fused-ring (bicyclic) bond motifs is 5. The number of carbonyl (C=O) groups is 2. The van der Waals surface area contributed by atoms with Crippen LogP contribution in [0.1, 0.15) is 106 Å². The van der Waals surface area contributed by atoms with Gasteiger partial charge < -0.3 is 20.1 Å². The highest BCUT2D eigenvalue weighted by molar-refractivity contribution is 6.05. The van der Waals surface area contributed by atoms with Gasteiger partial charge in [-0.2, -0.15) is 0 Å². The molecule has 6 heteroatoms. The van der Waals surface area contributed by atoms with Crippen LogP contribution in [0.4, 0.5) is 0 Å². The molecule has 0 amide bonds. The van der Waals surface area contributed by atoms with E-state index in [0.29, 0.717) is 17.6 Å². The Labute approximate surface area is 228 Å². The molecule has 4 aliphatic carbocycles. The van der Waals surface area contributed by atoms with Crippen molar-refractivity contribution in [3.05, 3.63) is 23.3 Å². The number of ketones is 1. The third-order valence-electron chi connectivity index (χ3n) is 11.6. The van der Waals surface area contributed by atoms with Gasteiger partial charge in [0.15, 0.2) is 5.78 Å². The maximum absolute atomic E-state index is 13.4. The van der Waals surface area contributed by atoms with Crippen LogP contribution in [-0.4, -0.2) is 51.0 Å². The summed E-state index contributed by atoms with van der Waals surface area (Å²) in [4.78, 5) is 26.5. The van der Waals surface area contributed by atoms with Crippen molar-refractivity contribution in [2.45, 2.75) is 124 Å². The maximum Gasteiger partial charge on any atom is 0.306 e. The quantitative estimate of drug-likeness (QED) is 0.202. The van der Waals surface area contributed by atoms with Crippen LogP contribution >= 0.6 is 0 Å². The molecule has 214 valence electrons. The fraction of sp³-hybridized carbons (Fsp3) is 0.812. The molecular weight excluding hydrogens is 480 g/mol. The lowest BCUT2D eigenvalue weighted by molar-refractivity contribution is -0.209. The Kier molecular flexibility index (Phi) is 7.64. The highest BCUT2D eigenvalue weighted by Crippen LogP contribution is 2.79. The van der Waals surface area contributed by atoms with Gasteiger partial charge in [-0.25, -0.2) is 0 Å². The number of aliphatic hydroxyl groups excluding tert-OH is 1. The third kappa shape index (κ3) is 3.83. The van der Waals surface area contributed by atoms with Crippen molar-refractivity contribution in [3.63, 3.8) is 0 Å². The molecule has 2 saturated carbocycles. The second kappa shape index (κ2) is 9.85. The number of rotatable bonds is 10. The number of aliphatic hydroxyl groups is 3. The number of carbonyl (C=O) groups excluding carboxylic acids is 2. The van der Waals surface area contributed by atoms with Crippen molar-refractivity contribution >= 4 is 11.8 Å². The van der Waals surface area contributed by atoms with Crippen molar-refractivity contribution in [2.24, 2.45) is 34.0 Å². The van der Waals surface area contributed by atoms with Gasteiger partial charge in [0.05, 0.1) is 6.61 Å². The molecule has 6 nitrogen and oxygen atoms in total. The van der Waals surface area contributed by atoms with Gasteiger partial charge in [0.2, 0.25) is 0 Å². The Bertz CT molecular complexity index is 1030. The van der Waals surface area contributed by atoms with E-state index in [4.69, 9.17) is 4.74 Å². The van der Waals surface area contributed by atoms with Gasteiger partial charge in [-0.1, -0.05) is 92.2 Å². The van der Waals surface area contributed by atoms with Crippen LogP contribution in [-0.2, 0) is 14.3 Å². The van der Waals surface area contributed by atoms with Gasteiger partial charge in [0.1, 0.15) is 17.3 Å². The first-order chi connectivity index (χ1) is 17.7. The Hall–Kier alpha value is -1.50. The predicted octanol–water partition coefficient (Wildman–Crippen LogP) is 5.29. The first kappa shape index (κ1) is 29.5. The molecule has 0 unspecified atom stereocenters. The number of Topliss-reactive ketones (excluding diaryl/α,β-unsaturated/α-hetero) is 1. The summed E-state index contributed by atoms with van der Waals surface area (Å²) in [5.41, 5.74) is -4.01. The van der Waals surface area contributed by atoms with Gasteiger partial charge >= 0.3 is 5.97 Å². The zero-order chi connectivity index (χ0) is 28.3. The van der Waals surface area contributed by atoms with Gasteiger partial charge in [-0.05, 0) is 35.8 Å². The fourth-order valence-electron chi connectivity index (χ4n) is 8.93. The second-order valence-corrected chi connectivity index (χ2v) is 13.8. The van der Waals surface area contributed by atoms with E-state index < -0.39 is 33.6 Å². The minimum atomic E-state index is -1.70. The van der Waals surface area contributed by atoms with E-state index in [1.165, 1.54) is 25.7 Å². The zero-order valence-corrected chi connectivity index (χ0v) is 24.6. The number of hydrogen-bond donors (Lipinski definition) is 3. The van der Waals surface area contributed by atoms with Crippen molar-refractivity contribution < 1.29 is 29.6 Å². The SMILES string of the molecule is CCCCCCCCCC(=O)O[C@@H]1[C@@H](C)[C@@]2(C)[C@@H](C=C(CO)C[C@]3(O)C(=O)C(C)=C[C@@]23C)[C@H]2C(C)(C)[C@]12O. The number of esters is 1. The minimum Gasteiger partial charge on any atom is -0.459 e. The van der Waals surface area contributed by atoms with Crippen molar-refractivity contribution in [3.8, 4) is 0 Å². The summed E-state index contributed by atoms with van der Waals surface area (Å²) < 4.78 is 6.18. The standard InChI is InChI=1S/C32H50O6/c1-8-9-10-11-12-13-14-15-24(34)38-27-21(3)30(7)23(25-28(4,5)32(25,27)37)16-22(19-33)18-31(36)26(35)20(2)17-29(30,31)6/h16-17,21,23,25,27,33,36-37H,8-15,18-19H2,1-7H3/t21-,23+,25+,27-,29+,30+,31+,32-/m1/s1. The van der Waals surface area contributed by atoms with E-state index in [2.05, 4.69) is 13.8 Å².